The van der Waals surface area contributed by atoms with E-state index in [1.807, 2.05) is 0 Å². The highest BCUT2D eigenvalue weighted by Gasteiger charge is 2.19. The molecule has 0 aliphatic heterocycles. The maximum Gasteiger partial charge on any atom is 0.306 e. The minimum absolute atomic E-state index is 0.0812. The maximum absolute atomic E-state index is 12.7. The van der Waals surface area contributed by atoms with Gasteiger partial charge in [-0.05, 0) is 89.9 Å². The lowest BCUT2D eigenvalue weighted by atomic mass is 10.1. The van der Waals surface area contributed by atoms with E-state index in [1.165, 1.54) is 116 Å². The van der Waals surface area contributed by atoms with E-state index in [0.717, 1.165) is 96.3 Å². The highest BCUT2D eigenvalue weighted by molar-refractivity contribution is 5.71. The third-order valence-corrected chi connectivity index (χ3v) is 10.7. The molecule has 342 valence electrons. The monoisotopic (exact) mass is 827 g/mol. The molecule has 0 aromatic heterocycles. The minimum Gasteiger partial charge on any atom is -0.462 e. The second-order valence-electron chi connectivity index (χ2n) is 16.7. The number of rotatable bonds is 45. The molecule has 0 amide bonds. The molecule has 0 saturated carbocycles. The molecule has 0 saturated heterocycles. The van der Waals surface area contributed by atoms with Gasteiger partial charge in [0.1, 0.15) is 13.2 Å². The number of hydrogen-bond acceptors (Lipinski definition) is 6. The van der Waals surface area contributed by atoms with Crippen LogP contribution in [-0.2, 0) is 28.6 Å². The van der Waals surface area contributed by atoms with Crippen molar-refractivity contribution in [2.24, 2.45) is 0 Å². The van der Waals surface area contributed by atoms with Crippen molar-refractivity contribution in [1.29, 1.82) is 0 Å². The molecule has 0 rings (SSSR count). The fraction of sp³-hybridized carbons (Fsp3) is 0.792. The Morgan fingerprint density at radius 1 is 0.339 bits per heavy atom. The second kappa shape index (κ2) is 48.0. The highest BCUT2D eigenvalue weighted by Crippen LogP contribution is 2.14. The summed E-state index contributed by atoms with van der Waals surface area (Å²) in [5, 5.41) is 0. The number of carbonyl (C=O) groups is 3. The fourth-order valence-electron chi connectivity index (χ4n) is 6.95. The van der Waals surface area contributed by atoms with Crippen molar-refractivity contribution in [2.75, 3.05) is 13.2 Å². The molecule has 0 aromatic carbocycles. The summed E-state index contributed by atoms with van der Waals surface area (Å²) >= 11 is 0. The zero-order chi connectivity index (χ0) is 43.0. The van der Waals surface area contributed by atoms with E-state index >= 15 is 0 Å². The topological polar surface area (TPSA) is 78.9 Å². The Bertz CT molecular complexity index is 1040. The van der Waals surface area contributed by atoms with Crippen molar-refractivity contribution in [2.45, 2.75) is 258 Å². The van der Waals surface area contributed by atoms with Gasteiger partial charge in [-0.3, -0.25) is 14.4 Å². The van der Waals surface area contributed by atoms with E-state index in [1.54, 1.807) is 0 Å². The van der Waals surface area contributed by atoms with Gasteiger partial charge in [0.15, 0.2) is 6.10 Å². The lowest BCUT2D eigenvalue weighted by Crippen LogP contribution is -2.30. The molecular formula is C53H94O6. The van der Waals surface area contributed by atoms with Gasteiger partial charge in [0, 0.05) is 19.3 Å². The van der Waals surface area contributed by atoms with Crippen LogP contribution in [0.5, 0.6) is 0 Å². The molecule has 1 unspecified atom stereocenters. The minimum atomic E-state index is -0.779. The van der Waals surface area contributed by atoms with Crippen LogP contribution in [0.2, 0.25) is 0 Å². The number of ether oxygens (including phenoxy) is 3. The molecule has 0 aliphatic rings. The Labute approximate surface area is 365 Å². The Morgan fingerprint density at radius 2 is 0.644 bits per heavy atom. The van der Waals surface area contributed by atoms with Crippen molar-refractivity contribution in [3.05, 3.63) is 48.6 Å². The fourth-order valence-corrected chi connectivity index (χ4v) is 6.95. The van der Waals surface area contributed by atoms with Crippen LogP contribution in [0, 0.1) is 0 Å². The van der Waals surface area contributed by atoms with Crippen molar-refractivity contribution >= 4 is 17.9 Å². The van der Waals surface area contributed by atoms with Gasteiger partial charge in [-0.15, -0.1) is 0 Å². The number of unbranched alkanes of at least 4 members (excludes halogenated alkanes) is 26. The number of allylic oxidation sites excluding steroid dienone is 8. The third-order valence-electron chi connectivity index (χ3n) is 10.7. The molecule has 0 aromatic rings. The highest BCUT2D eigenvalue weighted by atomic mass is 16.6. The Morgan fingerprint density at radius 3 is 1.02 bits per heavy atom. The quantitative estimate of drug-likeness (QED) is 0.0263. The van der Waals surface area contributed by atoms with Crippen LogP contribution < -0.4 is 0 Å². The predicted molar refractivity (Wildman–Crippen MR) is 252 cm³/mol. The van der Waals surface area contributed by atoms with Crippen LogP contribution in [0.3, 0.4) is 0 Å². The lowest BCUT2D eigenvalue weighted by Gasteiger charge is -2.18. The SMILES string of the molecule is CCC/C=C\CCCCCCCC(=O)OCC(COC(=O)CCCCCCCCCCC/C=C\C/C=C\CCCCCCC)OC(=O)CCCCCCC/C=C\CCC. The average Bonchev–Trinajstić information content (AvgIpc) is 3.23. The van der Waals surface area contributed by atoms with Crippen molar-refractivity contribution in [3.8, 4) is 0 Å². The number of hydrogen-bond donors (Lipinski definition) is 0. The van der Waals surface area contributed by atoms with Crippen molar-refractivity contribution in [3.63, 3.8) is 0 Å². The van der Waals surface area contributed by atoms with Crippen LogP contribution in [0.25, 0.3) is 0 Å². The summed E-state index contributed by atoms with van der Waals surface area (Å²) in [6.45, 7) is 6.49. The summed E-state index contributed by atoms with van der Waals surface area (Å²) < 4.78 is 16.7. The smallest absolute Gasteiger partial charge is 0.306 e. The standard InChI is InChI=1S/C53H94O6/c1-4-7-10-13-16-19-22-23-24-25-26-27-28-29-30-31-32-35-37-40-43-46-52(55)58-49-50(59-53(56)47-44-41-38-34-21-18-15-12-9-6-3)48-57-51(54)45-42-39-36-33-20-17-14-11-8-5-2/h11-12,14-15,22-23,25-26,50H,4-10,13,16-21,24,27-49H2,1-3H3/b14-11-,15-12-,23-22-,26-25-. The Kier molecular flexibility index (Phi) is 45.9. The summed E-state index contributed by atoms with van der Waals surface area (Å²) in [6, 6.07) is 0. The van der Waals surface area contributed by atoms with E-state index < -0.39 is 6.10 Å². The first kappa shape index (κ1) is 56.4. The molecule has 59 heavy (non-hydrogen) atoms. The van der Waals surface area contributed by atoms with Gasteiger partial charge in [-0.2, -0.15) is 0 Å². The van der Waals surface area contributed by atoms with Crippen molar-refractivity contribution in [1.82, 2.24) is 0 Å². The molecule has 0 bridgehead atoms. The van der Waals surface area contributed by atoms with Crippen molar-refractivity contribution < 1.29 is 28.6 Å². The molecule has 0 N–H and O–H groups in total. The van der Waals surface area contributed by atoms with E-state index in [0.29, 0.717) is 19.3 Å². The first-order valence-electron chi connectivity index (χ1n) is 25.1. The van der Waals surface area contributed by atoms with Gasteiger partial charge < -0.3 is 14.2 Å². The van der Waals surface area contributed by atoms with Crippen LogP contribution >= 0.6 is 0 Å². The van der Waals surface area contributed by atoms with E-state index in [-0.39, 0.29) is 31.1 Å². The summed E-state index contributed by atoms with van der Waals surface area (Å²) in [5.41, 5.74) is 0. The Balaban J connectivity index is 4.24. The predicted octanol–water partition coefficient (Wildman–Crippen LogP) is 16.3. The van der Waals surface area contributed by atoms with Crippen LogP contribution in [0.1, 0.15) is 252 Å². The molecule has 0 fully saturated rings. The van der Waals surface area contributed by atoms with Gasteiger partial charge in [0.2, 0.25) is 0 Å². The third kappa shape index (κ3) is 46.3. The van der Waals surface area contributed by atoms with E-state index in [4.69, 9.17) is 14.2 Å². The van der Waals surface area contributed by atoms with Gasteiger partial charge in [0.05, 0.1) is 0 Å². The zero-order valence-corrected chi connectivity index (χ0v) is 39.0. The molecule has 0 aliphatic carbocycles. The summed E-state index contributed by atoms with van der Waals surface area (Å²) in [7, 11) is 0. The van der Waals surface area contributed by atoms with Gasteiger partial charge in [0.25, 0.3) is 0 Å². The molecule has 0 radical (unpaired) electrons. The zero-order valence-electron chi connectivity index (χ0n) is 39.0. The molecule has 1 atom stereocenters. The normalized spacial score (nSPS) is 12.4. The summed E-state index contributed by atoms with van der Waals surface area (Å²) in [4.78, 5) is 37.8. The van der Waals surface area contributed by atoms with E-state index in [9.17, 15) is 14.4 Å². The summed E-state index contributed by atoms with van der Waals surface area (Å²) in [6.07, 6.45) is 56.8. The second-order valence-corrected chi connectivity index (χ2v) is 16.7. The summed E-state index contributed by atoms with van der Waals surface area (Å²) in [5.74, 6) is -0.905. The molecular weight excluding hydrogens is 733 g/mol. The van der Waals surface area contributed by atoms with Gasteiger partial charge in [-0.25, -0.2) is 0 Å². The number of carbonyl (C=O) groups excluding carboxylic acids is 3. The molecule has 6 nitrogen and oxygen atoms in total. The first-order chi connectivity index (χ1) is 29.0. The van der Waals surface area contributed by atoms with Gasteiger partial charge in [-0.1, -0.05) is 191 Å². The van der Waals surface area contributed by atoms with Crippen LogP contribution in [0.15, 0.2) is 48.6 Å². The largest absolute Gasteiger partial charge is 0.462 e. The molecule has 0 spiro atoms. The Hall–Kier alpha value is -2.63. The molecule has 6 heteroatoms. The van der Waals surface area contributed by atoms with Crippen LogP contribution in [0.4, 0.5) is 0 Å². The van der Waals surface area contributed by atoms with E-state index in [2.05, 4.69) is 69.4 Å². The average molecular weight is 827 g/mol. The molecule has 0 heterocycles. The lowest BCUT2D eigenvalue weighted by molar-refractivity contribution is -0.167. The maximum atomic E-state index is 12.7. The van der Waals surface area contributed by atoms with Gasteiger partial charge >= 0.3 is 17.9 Å². The first-order valence-corrected chi connectivity index (χ1v) is 25.1. The van der Waals surface area contributed by atoms with Crippen LogP contribution in [-0.4, -0.2) is 37.2 Å². The number of esters is 3.